The fraction of sp³-hybridized carbons (Fsp3) is 0.440. The first-order valence-corrected chi connectivity index (χ1v) is 14.8. The lowest BCUT2D eigenvalue weighted by molar-refractivity contribution is -0.142. The number of terminal acetylenes is 1. The van der Waals surface area contributed by atoms with Gasteiger partial charge in [0.05, 0.1) is 20.0 Å². The van der Waals surface area contributed by atoms with Crippen LogP contribution in [0.25, 0.3) is 11.2 Å². The molecular formula is C25H30FN6O6PS. The zero-order chi connectivity index (χ0) is 29.2. The van der Waals surface area contributed by atoms with Gasteiger partial charge in [0.25, 0.3) is 0 Å². The summed E-state index contributed by atoms with van der Waals surface area (Å²) in [5, 5.41) is 13.8. The molecule has 1 fully saturated rings. The number of nitrogens with zero attached hydrogens (tertiary/aromatic N) is 5. The van der Waals surface area contributed by atoms with Crippen LogP contribution in [0.2, 0.25) is 0 Å². The number of benzene rings is 1. The normalized spacial score (nSPS) is 24.7. The molecule has 3 heterocycles. The molecule has 1 aliphatic heterocycles. The summed E-state index contributed by atoms with van der Waals surface area (Å²) in [5.41, 5.74) is -1.99. The second kappa shape index (κ2) is 11.7. The van der Waals surface area contributed by atoms with Crippen LogP contribution in [-0.2, 0) is 30.6 Å². The third-order valence-corrected chi connectivity index (χ3v) is 8.64. The van der Waals surface area contributed by atoms with Crippen LogP contribution in [0.5, 0.6) is 5.75 Å². The summed E-state index contributed by atoms with van der Waals surface area (Å²) in [6.07, 6.45) is 2.35. The number of methoxy groups -OCH3 is 1. The number of aliphatic hydroxyl groups is 1. The summed E-state index contributed by atoms with van der Waals surface area (Å²) in [4.78, 5) is 27.0. The standard InChI is InChI=1S/C25H30FN6O6PS/c1-7-25(26)20(33)18(37-24(25)32-14-27-19-21(31(4)5)28-16(3)29-22(19)32)13-36-39(40,30-15(2)23(34)35-6)38-17-11-9-8-10-12-17/h1,8-12,14-15,18,20,24,33H,13H2,2-6H3,(H,30,40)/t15-,18+,20+,24+,25+,39?/m0/s1. The number of hydrogen-bond acceptors (Lipinski definition) is 11. The highest BCUT2D eigenvalue weighted by atomic mass is 32.5. The molecule has 0 spiro atoms. The quantitative estimate of drug-likeness (QED) is 0.203. The van der Waals surface area contributed by atoms with Gasteiger partial charge >= 0.3 is 12.6 Å². The summed E-state index contributed by atoms with van der Waals surface area (Å²) < 4.78 is 40.1. The second-order valence-corrected chi connectivity index (χ2v) is 12.4. The molecule has 0 bridgehead atoms. The average molecular weight is 593 g/mol. The Morgan fingerprint density at radius 1 is 1.40 bits per heavy atom. The van der Waals surface area contributed by atoms with E-state index in [0.717, 1.165) is 0 Å². The molecule has 12 nitrogen and oxygen atoms in total. The van der Waals surface area contributed by atoms with Crippen molar-refractivity contribution < 1.29 is 32.8 Å². The number of aliphatic hydroxyl groups excluding tert-OH is 1. The Hall–Kier alpha value is -3.18. The van der Waals surface area contributed by atoms with E-state index in [9.17, 15) is 9.90 Å². The predicted octanol–water partition coefficient (Wildman–Crippen LogP) is 2.27. The number of para-hydroxylation sites is 1. The molecule has 15 heteroatoms. The first kappa shape index (κ1) is 29.8. The number of aryl methyl sites for hydroxylation is 1. The number of aromatic nitrogens is 4. The zero-order valence-corrected chi connectivity index (χ0v) is 24.2. The van der Waals surface area contributed by atoms with E-state index in [1.165, 1.54) is 24.9 Å². The lowest BCUT2D eigenvalue weighted by atomic mass is 9.97. The summed E-state index contributed by atoms with van der Waals surface area (Å²) >= 11 is 5.65. The lowest BCUT2D eigenvalue weighted by Crippen LogP contribution is -2.42. The van der Waals surface area contributed by atoms with Gasteiger partial charge in [0.2, 0.25) is 5.67 Å². The third kappa shape index (κ3) is 5.81. The molecule has 1 aliphatic rings. The molecule has 40 heavy (non-hydrogen) atoms. The Morgan fingerprint density at radius 3 is 2.73 bits per heavy atom. The van der Waals surface area contributed by atoms with Gasteiger partial charge < -0.3 is 28.5 Å². The number of carbonyl (C=O) groups is 1. The van der Waals surface area contributed by atoms with Crippen molar-refractivity contribution in [3.8, 4) is 18.1 Å². The van der Waals surface area contributed by atoms with E-state index in [0.29, 0.717) is 22.9 Å². The van der Waals surface area contributed by atoms with Gasteiger partial charge in [0.1, 0.15) is 29.8 Å². The maximum atomic E-state index is 16.2. The number of rotatable bonds is 10. The molecule has 0 amide bonds. The molecule has 4 rings (SSSR count). The van der Waals surface area contributed by atoms with E-state index < -0.39 is 49.4 Å². The van der Waals surface area contributed by atoms with Crippen molar-refractivity contribution in [2.45, 2.75) is 44.0 Å². The van der Waals surface area contributed by atoms with Crippen molar-refractivity contribution in [3.63, 3.8) is 0 Å². The van der Waals surface area contributed by atoms with Gasteiger partial charge in [0.15, 0.2) is 23.2 Å². The van der Waals surface area contributed by atoms with Crippen LogP contribution >= 0.6 is 6.64 Å². The molecule has 1 aromatic carbocycles. The summed E-state index contributed by atoms with van der Waals surface area (Å²) in [6.45, 7) is -0.661. The molecule has 2 aromatic heterocycles. The number of fused-ring (bicyclic) bond motifs is 1. The summed E-state index contributed by atoms with van der Waals surface area (Å²) in [7, 11) is 4.82. The molecule has 1 saturated heterocycles. The van der Waals surface area contributed by atoms with Crippen molar-refractivity contribution in [1.82, 2.24) is 24.6 Å². The summed E-state index contributed by atoms with van der Waals surface area (Å²) in [6, 6.07) is 7.69. The Bertz CT molecular complexity index is 1470. The van der Waals surface area contributed by atoms with Crippen molar-refractivity contribution in [2.24, 2.45) is 0 Å². The highest BCUT2D eigenvalue weighted by Gasteiger charge is 2.58. The molecule has 6 atom stereocenters. The number of imidazole rings is 1. The van der Waals surface area contributed by atoms with E-state index in [2.05, 4.69) is 20.0 Å². The molecule has 1 unspecified atom stereocenters. The van der Waals surface area contributed by atoms with Crippen molar-refractivity contribution >= 4 is 41.4 Å². The van der Waals surface area contributed by atoms with Crippen LogP contribution in [-0.4, -0.2) is 82.3 Å². The minimum atomic E-state index is -3.46. The number of nitrogens with one attached hydrogen (secondary N) is 1. The topological polar surface area (TPSA) is 133 Å². The van der Waals surface area contributed by atoms with E-state index in [1.807, 2.05) is 5.92 Å². The molecule has 0 radical (unpaired) electrons. The fourth-order valence-electron chi connectivity index (χ4n) is 4.15. The largest absolute Gasteiger partial charge is 0.468 e. The number of carbonyl (C=O) groups excluding carboxylic acids is 1. The van der Waals surface area contributed by atoms with Crippen LogP contribution < -0.4 is 14.5 Å². The fourth-order valence-corrected chi connectivity index (χ4v) is 6.57. The highest BCUT2D eigenvalue weighted by Crippen LogP contribution is 2.48. The van der Waals surface area contributed by atoms with Gasteiger partial charge in [-0.1, -0.05) is 24.1 Å². The number of anilines is 1. The number of hydrogen-bond donors (Lipinski definition) is 2. The average Bonchev–Trinajstić information content (AvgIpc) is 3.45. The molecule has 0 aliphatic carbocycles. The molecule has 214 valence electrons. The number of halogens is 1. The first-order chi connectivity index (χ1) is 18.9. The SMILES string of the molecule is C#C[C@@]1(F)[C@H](O)[C@@H](COP(=S)(N[C@@H](C)C(=O)OC)Oc2ccccc2)O[C@H]1n1cnc2c(N(C)C)nc(C)nc21. The minimum absolute atomic E-state index is 0.276. The first-order valence-electron chi connectivity index (χ1n) is 12.2. The van der Waals surface area contributed by atoms with E-state index >= 15 is 4.39 Å². The highest BCUT2D eigenvalue weighted by molar-refractivity contribution is 8.09. The maximum absolute atomic E-state index is 16.2. The van der Waals surface area contributed by atoms with Gasteiger partial charge in [-0.2, -0.15) is 0 Å². The lowest BCUT2D eigenvalue weighted by Gasteiger charge is -2.27. The second-order valence-electron chi connectivity index (χ2n) is 9.27. The van der Waals surface area contributed by atoms with Gasteiger partial charge in [-0.3, -0.25) is 9.36 Å². The van der Waals surface area contributed by atoms with Crippen LogP contribution in [0.3, 0.4) is 0 Å². The Balaban J connectivity index is 1.62. The molecular weight excluding hydrogens is 562 g/mol. The number of ether oxygens (including phenoxy) is 2. The van der Waals surface area contributed by atoms with E-state index in [1.54, 1.807) is 56.3 Å². The van der Waals surface area contributed by atoms with Gasteiger partial charge in [-0.05, 0) is 37.8 Å². The monoisotopic (exact) mass is 592 g/mol. The summed E-state index contributed by atoms with van der Waals surface area (Å²) in [5.74, 6) is 2.77. The van der Waals surface area contributed by atoms with Crippen LogP contribution in [0, 0.1) is 19.3 Å². The molecule has 2 N–H and O–H groups in total. The van der Waals surface area contributed by atoms with Gasteiger partial charge in [-0.15, -0.1) is 6.42 Å². The van der Waals surface area contributed by atoms with E-state index in [-0.39, 0.29) is 5.65 Å². The Morgan fingerprint density at radius 2 is 2.10 bits per heavy atom. The number of esters is 1. The predicted molar refractivity (Wildman–Crippen MR) is 149 cm³/mol. The van der Waals surface area contributed by atoms with Crippen LogP contribution in [0.4, 0.5) is 10.2 Å². The van der Waals surface area contributed by atoms with Crippen molar-refractivity contribution in [3.05, 3.63) is 42.5 Å². The molecule has 0 saturated carbocycles. The molecule has 3 aromatic rings. The van der Waals surface area contributed by atoms with Crippen LogP contribution in [0.15, 0.2) is 36.7 Å². The maximum Gasteiger partial charge on any atom is 0.323 e. The van der Waals surface area contributed by atoms with Crippen molar-refractivity contribution in [1.29, 1.82) is 0 Å². The van der Waals surface area contributed by atoms with Gasteiger partial charge in [0, 0.05) is 14.1 Å². The Kier molecular flexibility index (Phi) is 8.75. The minimum Gasteiger partial charge on any atom is -0.468 e. The van der Waals surface area contributed by atoms with Crippen molar-refractivity contribution in [2.75, 3.05) is 32.7 Å². The van der Waals surface area contributed by atoms with Gasteiger partial charge in [-0.25, -0.2) is 24.4 Å². The number of alkyl halides is 1. The van der Waals surface area contributed by atoms with Crippen LogP contribution in [0.1, 0.15) is 19.0 Å². The smallest absolute Gasteiger partial charge is 0.323 e. The van der Waals surface area contributed by atoms with E-state index in [4.69, 9.17) is 36.8 Å². The zero-order valence-electron chi connectivity index (χ0n) is 22.5. The third-order valence-electron chi connectivity index (χ3n) is 6.14. The Labute approximate surface area is 236 Å².